The lowest BCUT2D eigenvalue weighted by Crippen LogP contribution is -2.04. The predicted octanol–water partition coefficient (Wildman–Crippen LogP) is 4.22. The second-order valence-corrected chi connectivity index (χ2v) is 4.76. The number of hydrogen-bond donors (Lipinski definition) is 1. The number of anilines is 1. The van der Waals surface area contributed by atoms with Gasteiger partial charge in [0.25, 0.3) is 0 Å². The minimum atomic E-state index is -2.80. The summed E-state index contributed by atoms with van der Waals surface area (Å²) in [5, 5.41) is 0. The summed E-state index contributed by atoms with van der Waals surface area (Å²) < 4.78 is 28.8. The summed E-state index contributed by atoms with van der Waals surface area (Å²) in [7, 11) is 0. The first-order chi connectivity index (χ1) is 9.56. The van der Waals surface area contributed by atoms with Crippen molar-refractivity contribution in [3.8, 4) is 5.75 Å². The Balaban J connectivity index is 2.12. The van der Waals surface area contributed by atoms with Crippen LogP contribution in [0.15, 0.2) is 48.5 Å². The van der Waals surface area contributed by atoms with E-state index in [0.29, 0.717) is 6.42 Å². The summed E-state index contributed by atoms with van der Waals surface area (Å²) in [6.45, 7) is -0.737. The van der Waals surface area contributed by atoms with Crippen molar-refractivity contribution in [2.75, 3.05) is 5.73 Å². The van der Waals surface area contributed by atoms with E-state index >= 15 is 0 Å². The van der Waals surface area contributed by atoms with Gasteiger partial charge in [-0.3, -0.25) is 0 Å². The molecular formula is C16H17F2NO. The van der Waals surface area contributed by atoms with Crippen LogP contribution in [0.2, 0.25) is 0 Å². The number of ether oxygens (including phenoxy) is 1. The lowest BCUT2D eigenvalue weighted by molar-refractivity contribution is -0.0498. The highest BCUT2D eigenvalue weighted by molar-refractivity contribution is 5.48. The fraction of sp³-hybridized carbons (Fsp3) is 0.250. The Morgan fingerprint density at radius 3 is 2.55 bits per heavy atom. The molecule has 0 saturated heterocycles. The Kier molecular flexibility index (Phi) is 4.56. The molecule has 0 aliphatic rings. The second-order valence-electron chi connectivity index (χ2n) is 4.76. The minimum Gasteiger partial charge on any atom is -0.435 e. The fourth-order valence-electron chi connectivity index (χ4n) is 2.27. The van der Waals surface area contributed by atoms with Crippen molar-refractivity contribution in [3.05, 3.63) is 59.7 Å². The number of benzene rings is 2. The van der Waals surface area contributed by atoms with Crippen LogP contribution in [-0.2, 0) is 6.42 Å². The molecule has 0 saturated carbocycles. The summed E-state index contributed by atoms with van der Waals surface area (Å²) in [5.41, 5.74) is 8.70. The van der Waals surface area contributed by atoms with Crippen LogP contribution in [0.1, 0.15) is 24.0 Å². The molecule has 0 spiro atoms. The molecule has 106 valence electrons. The first-order valence-corrected chi connectivity index (χ1v) is 6.44. The molecule has 0 radical (unpaired) electrons. The zero-order chi connectivity index (χ0) is 14.5. The molecule has 1 atom stereocenters. The predicted molar refractivity (Wildman–Crippen MR) is 76.0 cm³/mol. The van der Waals surface area contributed by atoms with Crippen LogP contribution in [0, 0.1) is 0 Å². The van der Waals surface area contributed by atoms with Gasteiger partial charge in [0.1, 0.15) is 5.75 Å². The number of alkyl halides is 2. The van der Waals surface area contributed by atoms with Gasteiger partial charge in [0.05, 0.1) is 0 Å². The summed E-state index contributed by atoms with van der Waals surface area (Å²) in [6, 6.07) is 14.5. The zero-order valence-corrected chi connectivity index (χ0v) is 11.2. The van der Waals surface area contributed by atoms with Gasteiger partial charge in [-0.05, 0) is 41.7 Å². The van der Waals surface area contributed by atoms with E-state index in [1.165, 1.54) is 6.07 Å². The molecule has 2 aromatic carbocycles. The number of rotatable bonds is 5. The number of nitrogens with two attached hydrogens (primary N) is 1. The van der Waals surface area contributed by atoms with Gasteiger partial charge in [0.2, 0.25) is 0 Å². The minimum absolute atomic E-state index is 0.186. The van der Waals surface area contributed by atoms with E-state index in [2.05, 4.69) is 11.7 Å². The summed E-state index contributed by atoms with van der Waals surface area (Å²) in [6.07, 6.45) is 0.717. The molecule has 0 aliphatic heterocycles. The van der Waals surface area contributed by atoms with Crippen molar-refractivity contribution in [2.24, 2.45) is 0 Å². The van der Waals surface area contributed by atoms with Crippen LogP contribution < -0.4 is 10.5 Å². The molecule has 0 fully saturated rings. The monoisotopic (exact) mass is 277 g/mol. The second kappa shape index (κ2) is 6.37. The van der Waals surface area contributed by atoms with Crippen LogP contribution in [0.4, 0.5) is 14.5 Å². The smallest absolute Gasteiger partial charge is 0.387 e. The summed E-state index contributed by atoms with van der Waals surface area (Å²) in [4.78, 5) is 0. The number of para-hydroxylation sites is 1. The molecule has 0 amide bonds. The molecule has 0 bridgehead atoms. The van der Waals surface area contributed by atoms with Crippen molar-refractivity contribution in [3.63, 3.8) is 0 Å². The molecule has 2 nitrogen and oxygen atoms in total. The zero-order valence-electron chi connectivity index (χ0n) is 11.2. The van der Waals surface area contributed by atoms with Gasteiger partial charge in [0, 0.05) is 5.69 Å². The Morgan fingerprint density at radius 1 is 1.10 bits per heavy atom. The Bertz CT molecular complexity index is 572. The maximum Gasteiger partial charge on any atom is 0.387 e. The molecule has 0 aliphatic carbocycles. The van der Waals surface area contributed by atoms with Crippen LogP contribution in [0.5, 0.6) is 5.75 Å². The standard InChI is InChI=1S/C16H17F2NO/c1-11(14-7-2-3-8-15(14)19)9-12-5-4-6-13(10-12)20-16(17)18/h2-8,10-11,16H,9,19H2,1H3. The fourth-order valence-corrected chi connectivity index (χ4v) is 2.27. The average Bonchev–Trinajstić information content (AvgIpc) is 2.38. The van der Waals surface area contributed by atoms with Gasteiger partial charge >= 0.3 is 6.61 Å². The lowest BCUT2D eigenvalue weighted by Gasteiger charge is -2.15. The lowest BCUT2D eigenvalue weighted by atomic mass is 9.92. The highest BCUT2D eigenvalue weighted by Gasteiger charge is 2.11. The highest BCUT2D eigenvalue weighted by atomic mass is 19.3. The van der Waals surface area contributed by atoms with Crippen molar-refractivity contribution in [2.45, 2.75) is 25.9 Å². The van der Waals surface area contributed by atoms with E-state index in [1.807, 2.05) is 30.3 Å². The number of hydrogen-bond acceptors (Lipinski definition) is 2. The third kappa shape index (κ3) is 3.70. The van der Waals surface area contributed by atoms with Gasteiger partial charge in [-0.25, -0.2) is 0 Å². The van der Waals surface area contributed by atoms with E-state index in [0.717, 1.165) is 16.8 Å². The van der Waals surface area contributed by atoms with Gasteiger partial charge < -0.3 is 10.5 Å². The van der Waals surface area contributed by atoms with E-state index < -0.39 is 6.61 Å². The number of nitrogen functional groups attached to an aromatic ring is 1. The highest BCUT2D eigenvalue weighted by Crippen LogP contribution is 2.26. The Hall–Kier alpha value is -2.10. The maximum absolute atomic E-state index is 12.2. The third-order valence-electron chi connectivity index (χ3n) is 3.19. The van der Waals surface area contributed by atoms with Gasteiger partial charge in [-0.1, -0.05) is 37.3 Å². The van der Waals surface area contributed by atoms with E-state index in [1.54, 1.807) is 12.1 Å². The Morgan fingerprint density at radius 2 is 1.85 bits per heavy atom. The topological polar surface area (TPSA) is 35.2 Å². The molecule has 0 aromatic heterocycles. The third-order valence-corrected chi connectivity index (χ3v) is 3.19. The normalized spacial score (nSPS) is 12.4. The van der Waals surface area contributed by atoms with Crippen molar-refractivity contribution < 1.29 is 13.5 Å². The van der Waals surface area contributed by atoms with Crippen molar-refractivity contribution in [1.29, 1.82) is 0 Å². The summed E-state index contributed by atoms with van der Waals surface area (Å²) >= 11 is 0. The van der Waals surface area contributed by atoms with E-state index in [9.17, 15) is 8.78 Å². The maximum atomic E-state index is 12.2. The van der Waals surface area contributed by atoms with Gasteiger partial charge in [-0.2, -0.15) is 8.78 Å². The van der Waals surface area contributed by atoms with Crippen LogP contribution >= 0.6 is 0 Å². The molecule has 2 rings (SSSR count). The molecule has 2 N–H and O–H groups in total. The van der Waals surface area contributed by atoms with Gasteiger partial charge in [0.15, 0.2) is 0 Å². The molecular weight excluding hydrogens is 260 g/mol. The Labute approximate surface area is 117 Å². The summed E-state index contributed by atoms with van der Waals surface area (Å²) in [5.74, 6) is 0.392. The van der Waals surface area contributed by atoms with Gasteiger partial charge in [-0.15, -0.1) is 0 Å². The van der Waals surface area contributed by atoms with Crippen molar-refractivity contribution >= 4 is 5.69 Å². The molecule has 20 heavy (non-hydrogen) atoms. The van der Waals surface area contributed by atoms with Crippen LogP contribution in [0.3, 0.4) is 0 Å². The van der Waals surface area contributed by atoms with E-state index in [4.69, 9.17) is 5.73 Å². The average molecular weight is 277 g/mol. The first kappa shape index (κ1) is 14.3. The van der Waals surface area contributed by atoms with E-state index in [-0.39, 0.29) is 11.7 Å². The van der Waals surface area contributed by atoms with Crippen molar-refractivity contribution in [1.82, 2.24) is 0 Å². The largest absolute Gasteiger partial charge is 0.435 e. The first-order valence-electron chi connectivity index (χ1n) is 6.44. The molecule has 1 unspecified atom stereocenters. The van der Waals surface area contributed by atoms with Crippen LogP contribution in [0.25, 0.3) is 0 Å². The molecule has 2 aromatic rings. The molecule has 4 heteroatoms. The SMILES string of the molecule is CC(Cc1cccc(OC(F)F)c1)c1ccccc1N. The molecule has 0 heterocycles. The number of halogens is 2. The van der Waals surface area contributed by atoms with Crippen LogP contribution in [-0.4, -0.2) is 6.61 Å². The quantitative estimate of drug-likeness (QED) is 0.831.